The highest BCUT2D eigenvalue weighted by atomic mass is 79.9. The molecular formula is C13H13BrN2O. The monoisotopic (exact) mass is 292 g/mol. The number of amides is 1. The summed E-state index contributed by atoms with van der Waals surface area (Å²) in [5.74, 6) is 0.00393. The van der Waals surface area contributed by atoms with E-state index in [4.69, 9.17) is 0 Å². The summed E-state index contributed by atoms with van der Waals surface area (Å²) < 4.78 is 1.01. The van der Waals surface area contributed by atoms with Crippen molar-refractivity contribution in [3.63, 3.8) is 0 Å². The van der Waals surface area contributed by atoms with Crippen LogP contribution in [-0.2, 0) is 4.79 Å². The molecule has 0 atom stereocenters. The Labute approximate surface area is 109 Å². The van der Waals surface area contributed by atoms with Crippen LogP contribution >= 0.6 is 15.9 Å². The lowest BCUT2D eigenvalue weighted by Gasteiger charge is -2.18. The highest BCUT2D eigenvalue weighted by Gasteiger charge is 2.11. The summed E-state index contributed by atoms with van der Waals surface area (Å²) >= 11 is 3.45. The number of hydrogen-bond donors (Lipinski definition) is 0. The van der Waals surface area contributed by atoms with Crippen LogP contribution in [-0.4, -0.2) is 17.9 Å². The Morgan fingerprint density at radius 1 is 1.41 bits per heavy atom. The Kier molecular flexibility index (Phi) is 3.15. The minimum Gasteiger partial charge on any atom is -0.314 e. The lowest BCUT2D eigenvalue weighted by Crippen LogP contribution is -2.23. The lowest BCUT2D eigenvalue weighted by atomic mass is 10.1. The number of aryl methyl sites for hydroxylation is 1. The summed E-state index contributed by atoms with van der Waals surface area (Å²) in [6, 6.07) is 5.95. The van der Waals surface area contributed by atoms with Gasteiger partial charge < -0.3 is 4.90 Å². The molecule has 0 spiro atoms. The van der Waals surface area contributed by atoms with Crippen molar-refractivity contribution in [1.82, 2.24) is 4.98 Å². The molecule has 17 heavy (non-hydrogen) atoms. The molecule has 0 aliphatic rings. The molecule has 0 N–H and O–H groups in total. The first-order valence-electron chi connectivity index (χ1n) is 5.30. The molecule has 2 aromatic rings. The maximum absolute atomic E-state index is 11.4. The minimum absolute atomic E-state index is 0.00393. The van der Waals surface area contributed by atoms with E-state index in [1.165, 1.54) is 0 Å². The van der Waals surface area contributed by atoms with E-state index in [0.29, 0.717) is 0 Å². The van der Waals surface area contributed by atoms with Crippen LogP contribution in [0.25, 0.3) is 10.9 Å². The van der Waals surface area contributed by atoms with Gasteiger partial charge >= 0.3 is 0 Å². The van der Waals surface area contributed by atoms with E-state index in [-0.39, 0.29) is 5.91 Å². The molecule has 0 saturated heterocycles. The van der Waals surface area contributed by atoms with Crippen LogP contribution in [0, 0.1) is 6.92 Å². The van der Waals surface area contributed by atoms with Crippen LogP contribution in [0.2, 0.25) is 0 Å². The number of benzene rings is 1. The molecule has 1 heterocycles. The number of nitrogens with zero attached hydrogens (tertiary/aromatic N) is 2. The van der Waals surface area contributed by atoms with Gasteiger partial charge in [0.15, 0.2) is 0 Å². The molecule has 3 nitrogen and oxygen atoms in total. The van der Waals surface area contributed by atoms with E-state index in [1.54, 1.807) is 25.1 Å². The van der Waals surface area contributed by atoms with Gasteiger partial charge in [0.25, 0.3) is 0 Å². The van der Waals surface area contributed by atoms with Crippen molar-refractivity contribution in [2.24, 2.45) is 0 Å². The van der Waals surface area contributed by atoms with Crippen molar-refractivity contribution in [1.29, 1.82) is 0 Å². The van der Waals surface area contributed by atoms with E-state index >= 15 is 0 Å². The van der Waals surface area contributed by atoms with Crippen LogP contribution in [0.4, 0.5) is 5.69 Å². The number of carbonyl (C=O) groups is 1. The molecule has 2 rings (SSSR count). The first-order valence-corrected chi connectivity index (χ1v) is 6.09. The Morgan fingerprint density at radius 2 is 2.12 bits per heavy atom. The van der Waals surface area contributed by atoms with E-state index in [1.807, 2.05) is 25.1 Å². The average molecular weight is 293 g/mol. The van der Waals surface area contributed by atoms with Crippen molar-refractivity contribution in [3.8, 4) is 0 Å². The number of fused-ring (bicyclic) bond motifs is 1. The zero-order chi connectivity index (χ0) is 12.6. The fourth-order valence-corrected chi connectivity index (χ4v) is 2.16. The van der Waals surface area contributed by atoms with Gasteiger partial charge in [-0.3, -0.25) is 9.78 Å². The molecule has 0 fully saturated rings. The zero-order valence-corrected chi connectivity index (χ0v) is 11.6. The van der Waals surface area contributed by atoms with Gasteiger partial charge in [-0.25, -0.2) is 0 Å². The predicted octanol–water partition coefficient (Wildman–Crippen LogP) is 3.29. The first-order chi connectivity index (χ1) is 8.00. The second-order valence-electron chi connectivity index (χ2n) is 4.01. The Bertz CT molecular complexity index is 595. The van der Waals surface area contributed by atoms with Gasteiger partial charge in [0, 0.05) is 23.8 Å². The summed E-state index contributed by atoms with van der Waals surface area (Å²) in [6.07, 6.45) is 1.74. The number of pyridine rings is 1. The summed E-state index contributed by atoms with van der Waals surface area (Å²) in [5.41, 5.74) is 2.85. The molecule has 0 bridgehead atoms. The molecule has 4 heteroatoms. The molecule has 1 aromatic carbocycles. The lowest BCUT2D eigenvalue weighted by molar-refractivity contribution is -0.116. The van der Waals surface area contributed by atoms with Gasteiger partial charge in [0.2, 0.25) is 5.91 Å². The van der Waals surface area contributed by atoms with Crippen LogP contribution < -0.4 is 4.90 Å². The highest BCUT2D eigenvalue weighted by molar-refractivity contribution is 9.10. The van der Waals surface area contributed by atoms with Crippen LogP contribution in [0.5, 0.6) is 0 Å². The van der Waals surface area contributed by atoms with Crippen LogP contribution in [0.1, 0.15) is 12.5 Å². The van der Waals surface area contributed by atoms with E-state index in [9.17, 15) is 4.79 Å². The Balaban J connectivity index is 2.68. The second-order valence-corrected chi connectivity index (χ2v) is 4.92. The SMILES string of the molecule is CC(=O)N(C)c1cnc2ccc(Br)cc2c1C. The third-order valence-electron chi connectivity index (χ3n) is 2.91. The average Bonchev–Trinajstić information content (AvgIpc) is 2.29. The zero-order valence-electron chi connectivity index (χ0n) is 9.99. The van der Waals surface area contributed by atoms with E-state index in [0.717, 1.165) is 26.6 Å². The summed E-state index contributed by atoms with van der Waals surface area (Å²) in [6.45, 7) is 3.55. The van der Waals surface area contributed by atoms with Crippen molar-refractivity contribution >= 4 is 38.4 Å². The largest absolute Gasteiger partial charge is 0.314 e. The predicted molar refractivity (Wildman–Crippen MR) is 73.3 cm³/mol. The number of hydrogen-bond acceptors (Lipinski definition) is 2. The molecule has 1 aromatic heterocycles. The Morgan fingerprint density at radius 3 is 2.76 bits per heavy atom. The third-order valence-corrected chi connectivity index (χ3v) is 3.40. The molecule has 88 valence electrons. The highest BCUT2D eigenvalue weighted by Crippen LogP contribution is 2.27. The Hall–Kier alpha value is -1.42. The molecule has 0 unspecified atom stereocenters. The smallest absolute Gasteiger partial charge is 0.223 e. The maximum Gasteiger partial charge on any atom is 0.223 e. The standard InChI is InChI=1S/C13H13BrN2O/c1-8-11-6-10(14)4-5-12(11)15-7-13(8)16(3)9(2)17/h4-7H,1-3H3. The van der Waals surface area contributed by atoms with Crippen molar-refractivity contribution < 1.29 is 4.79 Å². The van der Waals surface area contributed by atoms with Crippen LogP contribution in [0.3, 0.4) is 0 Å². The third kappa shape index (κ3) is 2.17. The summed E-state index contributed by atoms with van der Waals surface area (Å²) in [5, 5.41) is 1.06. The molecule has 0 aliphatic heterocycles. The minimum atomic E-state index is 0.00393. The number of anilines is 1. The fraction of sp³-hybridized carbons (Fsp3) is 0.231. The second kappa shape index (κ2) is 4.45. The molecule has 1 amide bonds. The molecule has 0 saturated carbocycles. The fourth-order valence-electron chi connectivity index (χ4n) is 1.79. The van der Waals surface area contributed by atoms with Gasteiger partial charge in [0.05, 0.1) is 17.4 Å². The van der Waals surface area contributed by atoms with Crippen molar-refractivity contribution in [2.75, 3.05) is 11.9 Å². The molecule has 0 aliphatic carbocycles. The molecule has 0 radical (unpaired) electrons. The quantitative estimate of drug-likeness (QED) is 0.808. The van der Waals surface area contributed by atoms with E-state index in [2.05, 4.69) is 20.9 Å². The number of rotatable bonds is 1. The number of aromatic nitrogens is 1. The molecular weight excluding hydrogens is 280 g/mol. The summed E-state index contributed by atoms with van der Waals surface area (Å²) in [4.78, 5) is 17.4. The van der Waals surface area contributed by atoms with Gasteiger partial charge in [-0.05, 0) is 30.7 Å². The summed E-state index contributed by atoms with van der Waals surface area (Å²) in [7, 11) is 1.76. The van der Waals surface area contributed by atoms with E-state index < -0.39 is 0 Å². The maximum atomic E-state index is 11.4. The topological polar surface area (TPSA) is 33.2 Å². The number of halogens is 1. The number of carbonyl (C=O) groups excluding carboxylic acids is 1. The van der Waals surface area contributed by atoms with Gasteiger partial charge in [-0.1, -0.05) is 15.9 Å². The van der Waals surface area contributed by atoms with Crippen molar-refractivity contribution in [3.05, 3.63) is 34.4 Å². The van der Waals surface area contributed by atoms with Crippen molar-refractivity contribution in [2.45, 2.75) is 13.8 Å². The first kappa shape index (κ1) is 12.0. The van der Waals surface area contributed by atoms with Gasteiger partial charge in [-0.15, -0.1) is 0 Å². The van der Waals surface area contributed by atoms with Crippen LogP contribution in [0.15, 0.2) is 28.9 Å². The van der Waals surface area contributed by atoms with Gasteiger partial charge in [0.1, 0.15) is 0 Å². The van der Waals surface area contributed by atoms with Gasteiger partial charge in [-0.2, -0.15) is 0 Å². The normalized spacial score (nSPS) is 10.6.